The van der Waals surface area contributed by atoms with Gasteiger partial charge in [0.2, 0.25) is 0 Å². The second-order valence-corrected chi connectivity index (χ2v) is 7.06. The van der Waals surface area contributed by atoms with Gasteiger partial charge < -0.3 is 10.1 Å². The van der Waals surface area contributed by atoms with Crippen LogP contribution in [-0.2, 0) is 4.74 Å². The summed E-state index contributed by atoms with van der Waals surface area (Å²) in [6, 6.07) is 0. The molecule has 1 heterocycles. The number of hydrogen-bond acceptors (Lipinski definition) is 2. The molecule has 2 unspecified atom stereocenters. The molecule has 1 N–H and O–H groups in total. The predicted octanol–water partition coefficient (Wildman–Crippen LogP) is 3.22. The standard InChI is InChI=1S/C15H29NO/c1-12-8-14(10-15(2,3)9-12)17-11-13-4-6-16-7-5-13/h12-14,16H,4-11H2,1-3H3. The van der Waals surface area contributed by atoms with Crippen LogP contribution in [-0.4, -0.2) is 25.8 Å². The van der Waals surface area contributed by atoms with Crippen LogP contribution in [0.15, 0.2) is 0 Å². The number of piperidine rings is 1. The fraction of sp³-hybridized carbons (Fsp3) is 1.00. The lowest BCUT2D eigenvalue weighted by molar-refractivity contribution is -0.0394. The second kappa shape index (κ2) is 5.71. The number of rotatable bonds is 3. The summed E-state index contributed by atoms with van der Waals surface area (Å²) in [5, 5.41) is 3.42. The van der Waals surface area contributed by atoms with Crippen LogP contribution in [0.5, 0.6) is 0 Å². The van der Waals surface area contributed by atoms with E-state index < -0.39 is 0 Å². The molecule has 2 rings (SSSR count). The van der Waals surface area contributed by atoms with E-state index in [9.17, 15) is 0 Å². The topological polar surface area (TPSA) is 21.3 Å². The van der Waals surface area contributed by atoms with Gasteiger partial charge in [-0.2, -0.15) is 0 Å². The minimum Gasteiger partial charge on any atom is -0.378 e. The number of ether oxygens (including phenoxy) is 1. The average molecular weight is 239 g/mol. The van der Waals surface area contributed by atoms with Crippen molar-refractivity contribution < 1.29 is 4.74 Å². The molecular weight excluding hydrogens is 210 g/mol. The van der Waals surface area contributed by atoms with Crippen molar-refractivity contribution in [2.75, 3.05) is 19.7 Å². The van der Waals surface area contributed by atoms with Crippen LogP contribution in [0.2, 0.25) is 0 Å². The van der Waals surface area contributed by atoms with Crippen molar-refractivity contribution in [1.82, 2.24) is 5.32 Å². The second-order valence-electron chi connectivity index (χ2n) is 7.06. The molecule has 1 saturated carbocycles. The van der Waals surface area contributed by atoms with E-state index >= 15 is 0 Å². The lowest BCUT2D eigenvalue weighted by Crippen LogP contribution is -2.35. The van der Waals surface area contributed by atoms with Gasteiger partial charge in [-0.3, -0.25) is 0 Å². The van der Waals surface area contributed by atoms with Gasteiger partial charge in [0.15, 0.2) is 0 Å². The fourth-order valence-electron chi connectivity index (χ4n) is 3.71. The Bertz CT molecular complexity index is 233. The molecule has 0 aromatic rings. The van der Waals surface area contributed by atoms with Crippen molar-refractivity contribution in [2.24, 2.45) is 17.3 Å². The molecule has 0 aromatic heterocycles. The summed E-state index contributed by atoms with van der Waals surface area (Å²) in [7, 11) is 0. The van der Waals surface area contributed by atoms with Gasteiger partial charge in [0.25, 0.3) is 0 Å². The van der Waals surface area contributed by atoms with E-state index in [4.69, 9.17) is 4.74 Å². The van der Waals surface area contributed by atoms with Crippen molar-refractivity contribution in [3.8, 4) is 0 Å². The summed E-state index contributed by atoms with van der Waals surface area (Å²) in [5.74, 6) is 1.63. The third-order valence-electron chi connectivity index (χ3n) is 4.37. The van der Waals surface area contributed by atoms with Crippen LogP contribution in [0, 0.1) is 17.3 Å². The van der Waals surface area contributed by atoms with E-state index in [1.807, 2.05) is 0 Å². The van der Waals surface area contributed by atoms with Crippen molar-refractivity contribution in [2.45, 2.75) is 59.0 Å². The highest BCUT2D eigenvalue weighted by molar-refractivity contribution is 4.83. The average Bonchev–Trinajstić information content (AvgIpc) is 2.25. The molecule has 1 aliphatic heterocycles. The van der Waals surface area contributed by atoms with Gasteiger partial charge >= 0.3 is 0 Å². The predicted molar refractivity (Wildman–Crippen MR) is 72.1 cm³/mol. The van der Waals surface area contributed by atoms with Crippen molar-refractivity contribution in [3.05, 3.63) is 0 Å². The summed E-state index contributed by atoms with van der Waals surface area (Å²) in [5.41, 5.74) is 0.483. The lowest BCUT2D eigenvalue weighted by Gasteiger charge is -2.39. The van der Waals surface area contributed by atoms with Gasteiger partial charge in [-0.05, 0) is 62.4 Å². The number of nitrogens with one attached hydrogen (secondary N) is 1. The summed E-state index contributed by atoms with van der Waals surface area (Å²) in [6.07, 6.45) is 7.00. The van der Waals surface area contributed by atoms with Crippen LogP contribution in [0.4, 0.5) is 0 Å². The van der Waals surface area contributed by atoms with Gasteiger partial charge in [-0.25, -0.2) is 0 Å². The maximum atomic E-state index is 6.20. The van der Waals surface area contributed by atoms with Crippen LogP contribution in [0.1, 0.15) is 52.9 Å². The van der Waals surface area contributed by atoms with Crippen LogP contribution >= 0.6 is 0 Å². The first-order chi connectivity index (χ1) is 8.05. The smallest absolute Gasteiger partial charge is 0.0582 e. The SMILES string of the molecule is CC1CC(OCC2CCNCC2)CC(C)(C)C1. The van der Waals surface area contributed by atoms with Gasteiger partial charge in [0.1, 0.15) is 0 Å². The molecule has 0 radical (unpaired) electrons. The van der Waals surface area contributed by atoms with E-state index in [1.54, 1.807) is 0 Å². The van der Waals surface area contributed by atoms with Gasteiger partial charge in [0.05, 0.1) is 6.10 Å². The Morgan fingerprint density at radius 3 is 2.53 bits per heavy atom. The Hall–Kier alpha value is -0.0800. The summed E-state index contributed by atoms with van der Waals surface area (Å²) in [6.45, 7) is 10.5. The molecule has 2 nitrogen and oxygen atoms in total. The van der Waals surface area contributed by atoms with Gasteiger partial charge in [-0.15, -0.1) is 0 Å². The highest BCUT2D eigenvalue weighted by atomic mass is 16.5. The molecule has 2 heteroatoms. The Balaban J connectivity index is 1.74. The van der Waals surface area contributed by atoms with Gasteiger partial charge in [0, 0.05) is 6.61 Å². The Kier molecular flexibility index (Phi) is 4.48. The first-order valence-corrected chi connectivity index (χ1v) is 7.37. The highest BCUT2D eigenvalue weighted by Gasteiger charge is 2.32. The minimum atomic E-state index is 0.483. The number of hydrogen-bond donors (Lipinski definition) is 1. The summed E-state index contributed by atoms with van der Waals surface area (Å²) in [4.78, 5) is 0. The van der Waals surface area contributed by atoms with E-state index in [1.165, 1.54) is 45.2 Å². The van der Waals surface area contributed by atoms with Crippen molar-refractivity contribution in [1.29, 1.82) is 0 Å². The first-order valence-electron chi connectivity index (χ1n) is 7.37. The molecule has 17 heavy (non-hydrogen) atoms. The fourth-order valence-corrected chi connectivity index (χ4v) is 3.71. The van der Waals surface area contributed by atoms with Crippen LogP contribution in [0.25, 0.3) is 0 Å². The molecule has 1 saturated heterocycles. The zero-order valence-corrected chi connectivity index (χ0v) is 11.8. The van der Waals surface area contributed by atoms with E-state index in [0.29, 0.717) is 11.5 Å². The molecule has 1 aliphatic carbocycles. The van der Waals surface area contributed by atoms with Crippen molar-refractivity contribution in [3.63, 3.8) is 0 Å². The summed E-state index contributed by atoms with van der Waals surface area (Å²) < 4.78 is 6.20. The quantitative estimate of drug-likeness (QED) is 0.816. The van der Waals surface area contributed by atoms with Crippen LogP contribution < -0.4 is 5.32 Å². The largest absolute Gasteiger partial charge is 0.378 e. The van der Waals surface area contributed by atoms with E-state index in [0.717, 1.165) is 18.4 Å². The Labute approximate surface area is 107 Å². The molecule has 0 bridgehead atoms. The molecule has 0 aromatic carbocycles. The van der Waals surface area contributed by atoms with Gasteiger partial charge in [-0.1, -0.05) is 20.8 Å². The highest BCUT2D eigenvalue weighted by Crippen LogP contribution is 2.39. The third-order valence-corrected chi connectivity index (χ3v) is 4.37. The first kappa shape index (κ1) is 13.4. The van der Waals surface area contributed by atoms with Crippen molar-refractivity contribution >= 4 is 0 Å². The molecule has 100 valence electrons. The Morgan fingerprint density at radius 1 is 1.18 bits per heavy atom. The molecular formula is C15H29NO. The van der Waals surface area contributed by atoms with Crippen LogP contribution in [0.3, 0.4) is 0 Å². The zero-order valence-electron chi connectivity index (χ0n) is 11.8. The maximum Gasteiger partial charge on any atom is 0.0582 e. The zero-order chi connectivity index (χ0) is 12.3. The molecule has 2 atom stereocenters. The summed E-state index contributed by atoms with van der Waals surface area (Å²) >= 11 is 0. The lowest BCUT2D eigenvalue weighted by atomic mass is 9.71. The van der Waals surface area contributed by atoms with E-state index in [-0.39, 0.29) is 0 Å². The monoisotopic (exact) mass is 239 g/mol. The molecule has 0 amide bonds. The maximum absolute atomic E-state index is 6.20. The third kappa shape index (κ3) is 4.26. The Morgan fingerprint density at radius 2 is 1.88 bits per heavy atom. The molecule has 2 fully saturated rings. The minimum absolute atomic E-state index is 0.483. The normalized spacial score (nSPS) is 34.8. The molecule has 0 spiro atoms. The van der Waals surface area contributed by atoms with E-state index in [2.05, 4.69) is 26.1 Å². The molecule has 2 aliphatic rings.